The van der Waals surface area contributed by atoms with Crippen LogP contribution in [0, 0.1) is 34.6 Å². The molecular weight excluding hydrogens is 424 g/mol. The van der Waals surface area contributed by atoms with E-state index in [-0.39, 0.29) is 5.91 Å². The van der Waals surface area contributed by atoms with Crippen molar-refractivity contribution < 1.29 is 14.3 Å². The maximum absolute atomic E-state index is 13.7. The van der Waals surface area contributed by atoms with E-state index in [1.54, 1.807) is 11.8 Å². The van der Waals surface area contributed by atoms with Crippen LogP contribution in [0.1, 0.15) is 40.6 Å². The summed E-state index contributed by atoms with van der Waals surface area (Å²) in [7, 11) is 1.34. The number of methoxy groups -OCH3 is 1. The summed E-state index contributed by atoms with van der Waals surface area (Å²) in [5.41, 5.74) is 9.22. The first-order valence-electron chi connectivity index (χ1n) is 11.3. The lowest BCUT2D eigenvalue weighted by molar-refractivity contribution is -0.136. The van der Waals surface area contributed by atoms with Crippen LogP contribution in [-0.2, 0) is 14.3 Å². The number of allylic oxidation sites excluding steroid dienone is 1. The number of ether oxygens (including phenoxy) is 1. The molecule has 1 aliphatic rings. The highest BCUT2D eigenvalue weighted by molar-refractivity contribution is 6.23. The van der Waals surface area contributed by atoms with Crippen molar-refractivity contribution in [2.75, 3.05) is 12.0 Å². The third-order valence-corrected chi connectivity index (χ3v) is 6.28. The molecule has 0 bridgehead atoms. The molecule has 0 atom stereocenters. The number of aromatic nitrogens is 1. The lowest BCUT2D eigenvalue weighted by atomic mass is 10.0. The van der Waals surface area contributed by atoms with Crippen molar-refractivity contribution in [2.45, 2.75) is 41.5 Å². The van der Waals surface area contributed by atoms with E-state index in [9.17, 15) is 9.59 Å². The number of anilines is 1. The number of carbonyl (C=O) groups is 2. The Labute approximate surface area is 201 Å². The molecule has 5 heteroatoms. The minimum Gasteiger partial charge on any atom is -0.465 e. The van der Waals surface area contributed by atoms with Crippen LogP contribution in [0.25, 0.3) is 11.8 Å². The summed E-state index contributed by atoms with van der Waals surface area (Å²) in [6.45, 7) is 11.9. The second-order valence-electron chi connectivity index (χ2n) is 9.00. The Morgan fingerprint density at radius 3 is 2.12 bits per heavy atom. The van der Waals surface area contributed by atoms with Crippen LogP contribution in [0.15, 0.2) is 65.4 Å². The smallest absolute Gasteiger partial charge is 0.340 e. The van der Waals surface area contributed by atoms with Crippen molar-refractivity contribution in [1.82, 2.24) is 4.57 Å². The molecule has 1 amide bonds. The molecule has 3 aromatic rings. The van der Waals surface area contributed by atoms with Crippen molar-refractivity contribution in [1.29, 1.82) is 0 Å². The fourth-order valence-electron chi connectivity index (χ4n) is 4.82. The van der Waals surface area contributed by atoms with Gasteiger partial charge in [-0.2, -0.15) is 0 Å². The zero-order chi connectivity index (χ0) is 24.7. The minimum absolute atomic E-state index is 0.233. The van der Waals surface area contributed by atoms with Gasteiger partial charge in [0.05, 0.1) is 18.3 Å². The number of aryl methyl sites for hydroxylation is 4. The number of hydrogen-bond donors (Lipinski definition) is 0. The van der Waals surface area contributed by atoms with Gasteiger partial charge >= 0.3 is 5.97 Å². The highest BCUT2D eigenvalue weighted by Gasteiger charge is 2.38. The quantitative estimate of drug-likeness (QED) is 0.364. The first kappa shape index (κ1) is 23.3. The number of amides is 1. The fraction of sp³-hybridized carbons (Fsp3) is 0.241. The number of rotatable bonds is 4. The Morgan fingerprint density at radius 2 is 1.50 bits per heavy atom. The zero-order valence-corrected chi connectivity index (χ0v) is 20.8. The van der Waals surface area contributed by atoms with Crippen molar-refractivity contribution in [3.8, 4) is 5.69 Å². The summed E-state index contributed by atoms with van der Waals surface area (Å²) in [5.74, 6) is -0.750. The fourth-order valence-corrected chi connectivity index (χ4v) is 4.82. The summed E-state index contributed by atoms with van der Waals surface area (Å²) < 4.78 is 7.23. The molecule has 174 valence electrons. The summed E-state index contributed by atoms with van der Waals surface area (Å²) in [5, 5.41) is 0. The number of hydrogen-bond acceptors (Lipinski definition) is 3. The van der Waals surface area contributed by atoms with Crippen molar-refractivity contribution in [3.05, 3.63) is 99.0 Å². The molecule has 0 aliphatic carbocycles. The maximum Gasteiger partial charge on any atom is 0.340 e. The Hall–Kier alpha value is -3.86. The van der Waals surface area contributed by atoms with E-state index in [2.05, 4.69) is 35.8 Å². The molecule has 0 fully saturated rings. The second kappa shape index (κ2) is 8.82. The van der Waals surface area contributed by atoms with Gasteiger partial charge in [0.15, 0.2) is 0 Å². The highest BCUT2D eigenvalue weighted by atomic mass is 16.5. The van der Waals surface area contributed by atoms with E-state index in [0.29, 0.717) is 16.8 Å². The molecule has 0 radical (unpaired) electrons. The predicted molar refractivity (Wildman–Crippen MR) is 136 cm³/mol. The van der Waals surface area contributed by atoms with E-state index >= 15 is 0 Å². The van der Waals surface area contributed by atoms with Crippen LogP contribution in [0.5, 0.6) is 0 Å². The molecule has 1 aromatic heterocycles. The van der Waals surface area contributed by atoms with Gasteiger partial charge in [0, 0.05) is 28.5 Å². The summed E-state index contributed by atoms with van der Waals surface area (Å²) in [4.78, 5) is 28.1. The summed E-state index contributed by atoms with van der Waals surface area (Å²) in [6.07, 6.45) is 1.81. The molecule has 0 unspecified atom stereocenters. The van der Waals surface area contributed by atoms with Gasteiger partial charge in [-0.05, 0) is 100 Å². The molecule has 2 heterocycles. The SMILES string of the molecule is COC(=O)C1=C(C)N(c2cc(C)cc(C)c2)C(=O)/C1=C\c1cc(C)n(-c2cccc(C)c2)c1C. The van der Waals surface area contributed by atoms with Gasteiger partial charge in [0.1, 0.15) is 0 Å². The molecule has 0 N–H and O–H groups in total. The average Bonchev–Trinajstić information content (AvgIpc) is 3.18. The molecule has 0 saturated carbocycles. The Bertz CT molecular complexity index is 1370. The first-order valence-corrected chi connectivity index (χ1v) is 11.3. The third kappa shape index (κ3) is 3.98. The van der Waals surface area contributed by atoms with Crippen LogP contribution < -0.4 is 4.90 Å². The van der Waals surface area contributed by atoms with Crippen molar-refractivity contribution in [2.24, 2.45) is 0 Å². The number of benzene rings is 2. The molecule has 34 heavy (non-hydrogen) atoms. The van der Waals surface area contributed by atoms with E-state index in [4.69, 9.17) is 4.74 Å². The van der Waals surface area contributed by atoms with Crippen LogP contribution >= 0.6 is 0 Å². The van der Waals surface area contributed by atoms with Gasteiger partial charge in [-0.15, -0.1) is 0 Å². The molecule has 4 rings (SSSR count). The average molecular weight is 455 g/mol. The van der Waals surface area contributed by atoms with E-state index in [1.807, 2.05) is 58.0 Å². The molecule has 2 aromatic carbocycles. The van der Waals surface area contributed by atoms with Gasteiger partial charge in [-0.25, -0.2) is 4.79 Å². The van der Waals surface area contributed by atoms with E-state index < -0.39 is 5.97 Å². The Balaban J connectivity index is 1.87. The summed E-state index contributed by atoms with van der Waals surface area (Å²) >= 11 is 0. The molecule has 5 nitrogen and oxygen atoms in total. The zero-order valence-electron chi connectivity index (χ0n) is 20.8. The topological polar surface area (TPSA) is 51.5 Å². The molecular formula is C29H30N2O3. The van der Waals surface area contributed by atoms with Crippen molar-refractivity contribution in [3.63, 3.8) is 0 Å². The predicted octanol–water partition coefficient (Wildman–Crippen LogP) is 5.90. The van der Waals surface area contributed by atoms with Gasteiger partial charge in [0.25, 0.3) is 5.91 Å². The van der Waals surface area contributed by atoms with Crippen LogP contribution in [0.4, 0.5) is 5.69 Å². The Morgan fingerprint density at radius 1 is 0.853 bits per heavy atom. The van der Waals surface area contributed by atoms with Crippen molar-refractivity contribution >= 4 is 23.6 Å². The molecule has 1 aliphatic heterocycles. The van der Waals surface area contributed by atoms with Gasteiger partial charge in [-0.1, -0.05) is 18.2 Å². The summed E-state index contributed by atoms with van der Waals surface area (Å²) in [6, 6.07) is 16.3. The van der Waals surface area contributed by atoms with E-state index in [0.717, 1.165) is 39.5 Å². The van der Waals surface area contributed by atoms with E-state index in [1.165, 1.54) is 12.7 Å². The second-order valence-corrected chi connectivity index (χ2v) is 9.00. The lowest BCUT2D eigenvalue weighted by Crippen LogP contribution is -2.24. The van der Waals surface area contributed by atoms with Gasteiger partial charge in [-0.3, -0.25) is 9.69 Å². The third-order valence-electron chi connectivity index (χ3n) is 6.28. The normalized spacial score (nSPS) is 15.0. The number of esters is 1. The minimum atomic E-state index is -0.517. The highest BCUT2D eigenvalue weighted by Crippen LogP contribution is 2.37. The standard InChI is InChI=1S/C29H30N2O3/c1-17-9-8-10-24(12-17)30-20(4)15-23(21(30)5)16-26-27(29(33)34-7)22(6)31(28(26)32)25-13-18(2)11-19(3)14-25/h8-16H,1-7H3/b26-16-. The van der Waals surface area contributed by atoms with Gasteiger partial charge < -0.3 is 9.30 Å². The number of carbonyl (C=O) groups excluding carboxylic acids is 2. The van der Waals surface area contributed by atoms with Gasteiger partial charge in [0.2, 0.25) is 0 Å². The van der Waals surface area contributed by atoms with Crippen LogP contribution in [0.3, 0.4) is 0 Å². The molecule has 0 spiro atoms. The largest absolute Gasteiger partial charge is 0.465 e. The lowest BCUT2D eigenvalue weighted by Gasteiger charge is -2.19. The molecule has 0 saturated heterocycles. The van der Waals surface area contributed by atoms with Crippen LogP contribution in [-0.4, -0.2) is 23.6 Å². The number of nitrogens with zero attached hydrogens (tertiary/aromatic N) is 2. The monoisotopic (exact) mass is 454 g/mol. The first-order chi connectivity index (χ1) is 16.1. The Kier molecular flexibility index (Phi) is 6.05. The maximum atomic E-state index is 13.7. The van der Waals surface area contributed by atoms with Crippen LogP contribution in [0.2, 0.25) is 0 Å².